The van der Waals surface area contributed by atoms with Crippen molar-refractivity contribution in [2.75, 3.05) is 11.0 Å². The fourth-order valence-corrected chi connectivity index (χ4v) is 3.22. The summed E-state index contributed by atoms with van der Waals surface area (Å²) in [6, 6.07) is 7.73. The lowest BCUT2D eigenvalue weighted by Crippen LogP contribution is -2.13. The molecule has 0 bridgehead atoms. The number of hydrogen-bond acceptors (Lipinski definition) is 4. The van der Waals surface area contributed by atoms with Crippen molar-refractivity contribution in [3.8, 4) is 22.6 Å². The van der Waals surface area contributed by atoms with Crippen LogP contribution in [0.2, 0.25) is 0 Å². The number of aromatic amines is 1. The van der Waals surface area contributed by atoms with Gasteiger partial charge in [-0.3, -0.25) is 9.52 Å². The fourth-order valence-electron chi connectivity index (χ4n) is 2.66. The maximum atomic E-state index is 14.0. The van der Waals surface area contributed by atoms with Crippen LogP contribution in [-0.2, 0) is 10.0 Å². The average molecular weight is 424 g/mol. The molecule has 10 heteroatoms. The van der Waals surface area contributed by atoms with Crippen molar-refractivity contribution in [2.45, 2.75) is 6.92 Å². The number of pyridine rings is 1. The van der Waals surface area contributed by atoms with Crippen LogP contribution in [0.25, 0.3) is 11.1 Å². The Kier molecular flexibility index (Phi) is 5.38. The molecule has 29 heavy (non-hydrogen) atoms. The Morgan fingerprint density at radius 2 is 1.62 bits per heavy atom. The predicted molar refractivity (Wildman–Crippen MR) is 102 cm³/mol. The lowest BCUT2D eigenvalue weighted by molar-refractivity contribution is 0.439. The van der Waals surface area contributed by atoms with Crippen molar-refractivity contribution in [3.05, 3.63) is 76.0 Å². The van der Waals surface area contributed by atoms with Gasteiger partial charge in [0.2, 0.25) is 10.0 Å². The Morgan fingerprint density at radius 3 is 2.28 bits per heavy atom. The van der Waals surface area contributed by atoms with E-state index in [4.69, 9.17) is 4.74 Å². The zero-order valence-electron chi connectivity index (χ0n) is 15.2. The van der Waals surface area contributed by atoms with Crippen molar-refractivity contribution in [3.63, 3.8) is 0 Å². The Hall–Kier alpha value is -3.27. The first-order chi connectivity index (χ1) is 13.5. The normalized spacial score (nSPS) is 11.3. The van der Waals surface area contributed by atoms with E-state index in [1.807, 2.05) is 0 Å². The largest absolute Gasteiger partial charge is 0.454 e. The first-order valence-corrected chi connectivity index (χ1v) is 10.1. The highest BCUT2D eigenvalue weighted by molar-refractivity contribution is 7.92. The van der Waals surface area contributed by atoms with Gasteiger partial charge in [-0.05, 0) is 43.3 Å². The summed E-state index contributed by atoms with van der Waals surface area (Å²) in [5.41, 5.74) is -0.145. The summed E-state index contributed by atoms with van der Waals surface area (Å²) < 4.78 is 71.9. The van der Waals surface area contributed by atoms with Crippen LogP contribution in [0.15, 0.2) is 47.3 Å². The van der Waals surface area contributed by atoms with Gasteiger partial charge in [0.05, 0.1) is 6.26 Å². The first-order valence-electron chi connectivity index (χ1n) is 8.18. The van der Waals surface area contributed by atoms with Crippen molar-refractivity contribution in [1.29, 1.82) is 0 Å². The number of halogens is 3. The van der Waals surface area contributed by atoms with Gasteiger partial charge in [-0.2, -0.15) is 0 Å². The molecule has 0 radical (unpaired) electrons. The second-order valence-electron chi connectivity index (χ2n) is 6.25. The lowest BCUT2D eigenvalue weighted by atomic mass is 10.0. The maximum Gasteiger partial charge on any atom is 0.284 e. The molecule has 6 nitrogen and oxygen atoms in total. The fraction of sp³-hybridized carbons (Fsp3) is 0.105. The molecule has 2 aromatic carbocycles. The van der Waals surface area contributed by atoms with Gasteiger partial charge in [-0.1, -0.05) is 0 Å². The number of sulfonamides is 1. The summed E-state index contributed by atoms with van der Waals surface area (Å²) in [4.78, 5) is 13.8. The number of H-pyrrole nitrogens is 1. The summed E-state index contributed by atoms with van der Waals surface area (Å²) >= 11 is 0. The van der Waals surface area contributed by atoms with Gasteiger partial charge >= 0.3 is 0 Å². The zero-order chi connectivity index (χ0) is 21.3. The average Bonchev–Trinajstić information content (AvgIpc) is 2.60. The van der Waals surface area contributed by atoms with Crippen LogP contribution in [0.4, 0.5) is 18.9 Å². The molecule has 0 unspecified atom stereocenters. The summed E-state index contributed by atoms with van der Waals surface area (Å²) in [5.74, 6) is -3.07. The molecular formula is C19H15F3N2O4S. The minimum atomic E-state index is -3.61. The van der Waals surface area contributed by atoms with Gasteiger partial charge in [0.25, 0.3) is 5.56 Å². The quantitative estimate of drug-likeness (QED) is 0.650. The topological polar surface area (TPSA) is 88.3 Å². The molecule has 0 aliphatic rings. The smallest absolute Gasteiger partial charge is 0.284 e. The Bertz CT molecular complexity index is 1260. The van der Waals surface area contributed by atoms with Crippen LogP contribution < -0.4 is 15.0 Å². The molecular weight excluding hydrogens is 409 g/mol. The summed E-state index contributed by atoms with van der Waals surface area (Å²) in [6.45, 7) is 1.51. The molecule has 1 aromatic heterocycles. The predicted octanol–water partition coefficient (Wildman–Crippen LogP) is 3.93. The minimum Gasteiger partial charge on any atom is -0.454 e. The minimum absolute atomic E-state index is 0.0316. The van der Waals surface area contributed by atoms with Crippen molar-refractivity contribution < 1.29 is 26.3 Å². The molecule has 3 aromatic rings. The van der Waals surface area contributed by atoms with Crippen LogP contribution in [0.5, 0.6) is 11.5 Å². The monoisotopic (exact) mass is 424 g/mol. The van der Waals surface area contributed by atoms with Gasteiger partial charge in [0.15, 0.2) is 17.4 Å². The molecule has 3 rings (SSSR count). The van der Waals surface area contributed by atoms with E-state index < -0.39 is 33.0 Å². The Balaban J connectivity index is 2.18. The molecule has 0 atom stereocenters. The number of ether oxygens (including phenoxy) is 1. The van der Waals surface area contributed by atoms with E-state index in [-0.39, 0.29) is 34.0 Å². The molecule has 0 amide bonds. The third-order valence-electron chi connectivity index (χ3n) is 3.88. The van der Waals surface area contributed by atoms with Crippen LogP contribution in [0.1, 0.15) is 5.69 Å². The number of rotatable bonds is 5. The van der Waals surface area contributed by atoms with E-state index >= 15 is 0 Å². The molecule has 2 N–H and O–H groups in total. The number of aryl methyl sites for hydroxylation is 1. The number of aromatic nitrogens is 1. The molecule has 0 aliphatic carbocycles. The molecule has 1 heterocycles. The van der Waals surface area contributed by atoms with Crippen LogP contribution in [0.3, 0.4) is 0 Å². The van der Waals surface area contributed by atoms with Crippen LogP contribution in [0, 0.1) is 24.4 Å². The molecule has 0 spiro atoms. The van der Waals surface area contributed by atoms with Gasteiger partial charge in [0.1, 0.15) is 11.6 Å². The number of benzene rings is 2. The third-order valence-corrected chi connectivity index (χ3v) is 4.49. The van der Waals surface area contributed by atoms with Crippen LogP contribution in [-0.4, -0.2) is 19.7 Å². The SMILES string of the molecule is Cc1[nH]c(=O)c(F)cc1-c1cc(NS(C)(=O)=O)ccc1Oc1ccc(F)cc1F. The second kappa shape index (κ2) is 7.63. The molecule has 0 fully saturated rings. The third kappa shape index (κ3) is 4.77. The van der Waals surface area contributed by atoms with E-state index in [2.05, 4.69) is 9.71 Å². The van der Waals surface area contributed by atoms with Crippen molar-refractivity contribution >= 4 is 15.7 Å². The maximum absolute atomic E-state index is 14.0. The highest BCUT2D eigenvalue weighted by atomic mass is 32.2. The van der Waals surface area contributed by atoms with E-state index in [0.717, 1.165) is 24.5 Å². The first kappa shape index (κ1) is 20.5. The Morgan fingerprint density at radius 1 is 0.931 bits per heavy atom. The number of anilines is 1. The summed E-state index contributed by atoms with van der Waals surface area (Å²) in [5, 5.41) is 0. The molecule has 0 saturated carbocycles. The lowest BCUT2D eigenvalue weighted by Gasteiger charge is -2.15. The zero-order valence-corrected chi connectivity index (χ0v) is 16.0. The molecule has 152 valence electrons. The highest BCUT2D eigenvalue weighted by Gasteiger charge is 2.16. The van der Waals surface area contributed by atoms with E-state index in [1.54, 1.807) is 0 Å². The second-order valence-corrected chi connectivity index (χ2v) is 8.00. The number of hydrogen-bond donors (Lipinski definition) is 2. The highest BCUT2D eigenvalue weighted by Crippen LogP contribution is 2.37. The van der Waals surface area contributed by atoms with E-state index in [1.165, 1.54) is 25.1 Å². The van der Waals surface area contributed by atoms with Crippen LogP contribution >= 0.6 is 0 Å². The van der Waals surface area contributed by atoms with Crippen molar-refractivity contribution in [2.24, 2.45) is 0 Å². The summed E-state index contributed by atoms with van der Waals surface area (Å²) in [6.07, 6.45) is 0.954. The van der Waals surface area contributed by atoms with E-state index in [9.17, 15) is 26.4 Å². The van der Waals surface area contributed by atoms with Crippen molar-refractivity contribution in [1.82, 2.24) is 4.98 Å². The molecule has 0 aliphatic heterocycles. The summed E-state index contributed by atoms with van der Waals surface area (Å²) in [7, 11) is -3.61. The molecule has 0 saturated heterocycles. The number of nitrogens with one attached hydrogen (secondary N) is 2. The van der Waals surface area contributed by atoms with Gasteiger partial charge < -0.3 is 9.72 Å². The Labute approximate surface area is 164 Å². The van der Waals surface area contributed by atoms with Gasteiger partial charge in [-0.25, -0.2) is 21.6 Å². The van der Waals surface area contributed by atoms with Gasteiger partial charge in [-0.15, -0.1) is 0 Å². The van der Waals surface area contributed by atoms with Gasteiger partial charge in [0, 0.05) is 28.6 Å². The van der Waals surface area contributed by atoms with E-state index in [0.29, 0.717) is 6.07 Å². The standard InChI is InChI=1S/C19H15F3N2O4S/c1-10-13(9-16(22)19(25)23-10)14-8-12(24-29(2,26)27)4-6-17(14)28-18-5-3-11(20)7-15(18)21/h3-9,24H,1-2H3,(H,23,25).